The Labute approximate surface area is 174 Å². The van der Waals surface area contributed by atoms with Gasteiger partial charge in [0.05, 0.1) is 11.3 Å². The minimum atomic E-state index is -0.332. The van der Waals surface area contributed by atoms with Gasteiger partial charge in [0.25, 0.3) is 11.8 Å². The van der Waals surface area contributed by atoms with Crippen LogP contribution in [-0.2, 0) is 6.42 Å². The number of nitrogens with one attached hydrogen (secondary N) is 2. The third kappa shape index (κ3) is 4.00. The summed E-state index contributed by atoms with van der Waals surface area (Å²) in [6, 6.07) is 11.0. The summed E-state index contributed by atoms with van der Waals surface area (Å²) in [4.78, 5) is 29.0. The summed E-state index contributed by atoms with van der Waals surface area (Å²) in [5, 5.41) is 7.21. The Balaban J connectivity index is 1.57. The first-order chi connectivity index (χ1) is 14.5. The fourth-order valence-electron chi connectivity index (χ4n) is 3.59. The van der Waals surface area contributed by atoms with Gasteiger partial charge in [0.1, 0.15) is 5.76 Å². The number of hydrogen-bond donors (Lipinski definition) is 2. The van der Waals surface area contributed by atoms with Gasteiger partial charge in [0, 0.05) is 35.6 Å². The number of amides is 2. The molecule has 0 radical (unpaired) electrons. The standard InChI is InChI=1S/C23H22N4O3/c1-14-6-3-8-17(12-14)25-23(29)21-15(2)20-18(9-4-10-19(20)30-21)26-27-22(28)16-7-5-11-24-13-16/h3,5-8,11-13H,4,9-10H2,1-2H3,(H,25,29)(H,27,28)/b26-18+. The fourth-order valence-corrected chi connectivity index (χ4v) is 3.59. The molecule has 1 aliphatic rings. The molecule has 0 saturated heterocycles. The number of aromatic nitrogens is 1. The summed E-state index contributed by atoms with van der Waals surface area (Å²) in [5.41, 5.74) is 7.04. The normalized spacial score (nSPS) is 14.3. The summed E-state index contributed by atoms with van der Waals surface area (Å²) < 4.78 is 5.91. The minimum absolute atomic E-state index is 0.273. The number of carbonyl (C=O) groups is 2. The van der Waals surface area contributed by atoms with E-state index in [0.29, 0.717) is 23.4 Å². The molecule has 0 saturated carbocycles. The average Bonchev–Trinajstić information content (AvgIpc) is 3.10. The van der Waals surface area contributed by atoms with Crippen LogP contribution >= 0.6 is 0 Å². The maximum absolute atomic E-state index is 12.8. The number of fused-ring (bicyclic) bond motifs is 1. The predicted molar refractivity (Wildman–Crippen MR) is 114 cm³/mol. The molecule has 2 aromatic heterocycles. The lowest BCUT2D eigenvalue weighted by molar-refractivity contribution is 0.0953. The zero-order valence-electron chi connectivity index (χ0n) is 16.9. The monoisotopic (exact) mass is 402 g/mol. The lowest BCUT2D eigenvalue weighted by Crippen LogP contribution is -2.22. The van der Waals surface area contributed by atoms with Crippen molar-refractivity contribution >= 4 is 23.2 Å². The Kier molecular flexibility index (Phi) is 5.43. The summed E-state index contributed by atoms with van der Waals surface area (Å²) >= 11 is 0. The van der Waals surface area contributed by atoms with E-state index in [1.54, 1.807) is 18.3 Å². The Morgan fingerprint density at radius 2 is 1.97 bits per heavy atom. The maximum Gasteiger partial charge on any atom is 0.291 e. The van der Waals surface area contributed by atoms with Gasteiger partial charge in [-0.15, -0.1) is 0 Å². The van der Waals surface area contributed by atoms with Gasteiger partial charge in [0.15, 0.2) is 5.76 Å². The topological polar surface area (TPSA) is 96.6 Å². The van der Waals surface area contributed by atoms with Gasteiger partial charge in [-0.3, -0.25) is 14.6 Å². The summed E-state index contributed by atoms with van der Waals surface area (Å²) in [6.07, 6.45) is 5.34. The highest BCUT2D eigenvalue weighted by molar-refractivity contribution is 6.09. The van der Waals surface area contributed by atoms with Crippen molar-refractivity contribution in [1.29, 1.82) is 0 Å². The van der Waals surface area contributed by atoms with Crippen LogP contribution in [0.4, 0.5) is 5.69 Å². The number of rotatable bonds is 4. The number of aryl methyl sites for hydroxylation is 2. The van der Waals surface area contributed by atoms with Crippen LogP contribution in [0, 0.1) is 13.8 Å². The summed E-state index contributed by atoms with van der Waals surface area (Å²) in [6.45, 7) is 3.81. The van der Waals surface area contributed by atoms with Crippen molar-refractivity contribution in [3.8, 4) is 0 Å². The van der Waals surface area contributed by atoms with Crippen molar-refractivity contribution in [3.63, 3.8) is 0 Å². The van der Waals surface area contributed by atoms with Crippen molar-refractivity contribution in [2.45, 2.75) is 33.1 Å². The molecule has 1 aliphatic carbocycles. The molecule has 152 valence electrons. The molecule has 3 aromatic rings. The third-order valence-corrected chi connectivity index (χ3v) is 5.02. The second-order valence-corrected chi connectivity index (χ2v) is 7.27. The van der Waals surface area contributed by atoms with Crippen LogP contribution in [0.1, 0.15) is 56.2 Å². The predicted octanol–water partition coefficient (Wildman–Crippen LogP) is 4.01. The van der Waals surface area contributed by atoms with Gasteiger partial charge in [-0.2, -0.15) is 5.10 Å². The summed E-state index contributed by atoms with van der Waals surface area (Å²) in [5.74, 6) is 0.366. The Hall–Kier alpha value is -3.74. The Bertz CT molecular complexity index is 1130. The first kappa shape index (κ1) is 19.6. The number of furan rings is 1. The van der Waals surface area contributed by atoms with E-state index in [2.05, 4.69) is 20.8 Å². The van der Waals surface area contributed by atoms with Gasteiger partial charge < -0.3 is 9.73 Å². The lowest BCUT2D eigenvalue weighted by Gasteiger charge is -2.13. The minimum Gasteiger partial charge on any atom is -0.455 e. The molecule has 0 fully saturated rings. The molecule has 0 aliphatic heterocycles. The number of pyridine rings is 1. The van der Waals surface area contributed by atoms with Crippen LogP contribution in [0.15, 0.2) is 58.3 Å². The van der Waals surface area contributed by atoms with Crippen LogP contribution < -0.4 is 10.7 Å². The van der Waals surface area contributed by atoms with Crippen LogP contribution in [0.25, 0.3) is 0 Å². The van der Waals surface area contributed by atoms with Crippen LogP contribution in [-0.4, -0.2) is 22.5 Å². The number of carbonyl (C=O) groups excluding carboxylic acids is 2. The van der Waals surface area contributed by atoms with Gasteiger partial charge >= 0.3 is 0 Å². The molecule has 7 nitrogen and oxygen atoms in total. The maximum atomic E-state index is 12.8. The smallest absolute Gasteiger partial charge is 0.291 e. The molecule has 1 aromatic carbocycles. The Morgan fingerprint density at radius 3 is 2.73 bits per heavy atom. The van der Waals surface area contributed by atoms with Crippen molar-refractivity contribution < 1.29 is 14.0 Å². The fraction of sp³-hybridized carbons (Fsp3) is 0.217. The van der Waals surface area contributed by atoms with Crippen LogP contribution in [0.3, 0.4) is 0 Å². The van der Waals surface area contributed by atoms with E-state index < -0.39 is 0 Å². The van der Waals surface area contributed by atoms with Crippen molar-refractivity contribution in [2.24, 2.45) is 5.10 Å². The highest BCUT2D eigenvalue weighted by Gasteiger charge is 2.28. The summed E-state index contributed by atoms with van der Waals surface area (Å²) in [7, 11) is 0. The van der Waals surface area contributed by atoms with E-state index in [4.69, 9.17) is 4.42 Å². The zero-order valence-corrected chi connectivity index (χ0v) is 16.9. The van der Waals surface area contributed by atoms with Crippen LogP contribution in [0.5, 0.6) is 0 Å². The highest BCUT2D eigenvalue weighted by Crippen LogP contribution is 2.30. The Morgan fingerprint density at radius 1 is 1.10 bits per heavy atom. The first-order valence-electron chi connectivity index (χ1n) is 9.80. The highest BCUT2D eigenvalue weighted by atomic mass is 16.4. The number of hydrogen-bond acceptors (Lipinski definition) is 5. The number of benzene rings is 1. The van der Waals surface area contributed by atoms with E-state index in [9.17, 15) is 9.59 Å². The molecular formula is C23H22N4O3. The molecule has 0 unspecified atom stereocenters. The SMILES string of the molecule is Cc1cccc(NC(=O)c2oc3c(c2C)/C(=N/NC(=O)c2cccnc2)CCC3)c1. The second-order valence-electron chi connectivity index (χ2n) is 7.27. The lowest BCUT2D eigenvalue weighted by atomic mass is 9.93. The molecule has 30 heavy (non-hydrogen) atoms. The van der Waals surface area contributed by atoms with E-state index in [1.165, 1.54) is 6.20 Å². The largest absolute Gasteiger partial charge is 0.455 e. The van der Waals surface area contributed by atoms with E-state index in [-0.39, 0.29) is 17.6 Å². The third-order valence-electron chi connectivity index (χ3n) is 5.02. The quantitative estimate of drug-likeness (QED) is 0.644. The van der Waals surface area contributed by atoms with Crippen molar-refractivity contribution in [1.82, 2.24) is 10.4 Å². The van der Waals surface area contributed by atoms with Crippen molar-refractivity contribution in [2.75, 3.05) is 5.32 Å². The van der Waals surface area contributed by atoms with Gasteiger partial charge in [0.2, 0.25) is 0 Å². The molecule has 2 N–H and O–H groups in total. The molecule has 0 spiro atoms. The van der Waals surface area contributed by atoms with E-state index >= 15 is 0 Å². The second kappa shape index (κ2) is 8.32. The molecular weight excluding hydrogens is 380 g/mol. The molecule has 4 rings (SSSR count). The molecule has 0 atom stereocenters. The molecule has 0 bridgehead atoms. The molecule has 2 amide bonds. The van der Waals surface area contributed by atoms with Crippen LogP contribution in [0.2, 0.25) is 0 Å². The number of hydrazone groups is 1. The first-order valence-corrected chi connectivity index (χ1v) is 9.80. The number of anilines is 1. The molecule has 7 heteroatoms. The van der Waals surface area contributed by atoms with Crippen molar-refractivity contribution in [3.05, 3.63) is 82.6 Å². The van der Waals surface area contributed by atoms with Gasteiger partial charge in [-0.25, -0.2) is 5.43 Å². The molecule has 2 heterocycles. The van der Waals surface area contributed by atoms with Gasteiger partial charge in [-0.1, -0.05) is 12.1 Å². The van der Waals surface area contributed by atoms with E-state index in [0.717, 1.165) is 35.3 Å². The van der Waals surface area contributed by atoms with Gasteiger partial charge in [-0.05, 0) is 56.5 Å². The zero-order chi connectivity index (χ0) is 21.1. The van der Waals surface area contributed by atoms with E-state index in [1.807, 2.05) is 38.1 Å². The number of nitrogens with zero attached hydrogens (tertiary/aromatic N) is 2. The average molecular weight is 402 g/mol.